The number of hydrogen-bond acceptors (Lipinski definition) is 4. The summed E-state index contributed by atoms with van der Waals surface area (Å²) in [5.41, 5.74) is 0. The van der Waals surface area contributed by atoms with E-state index in [1.807, 2.05) is 0 Å². The van der Waals surface area contributed by atoms with Gasteiger partial charge < -0.3 is 14.8 Å². The predicted octanol–water partition coefficient (Wildman–Crippen LogP) is -0.516. The molecule has 0 unspecified atom stereocenters. The maximum atomic E-state index is 10.8. The van der Waals surface area contributed by atoms with Crippen LogP contribution in [0, 0.1) is 0 Å². The van der Waals surface area contributed by atoms with E-state index in [0.717, 1.165) is 10.6 Å². The molecule has 0 radical (unpaired) electrons. The molecule has 1 atom stereocenters. The van der Waals surface area contributed by atoms with Crippen LogP contribution in [-0.4, -0.2) is 37.1 Å². The number of halogens is 1. The van der Waals surface area contributed by atoms with Gasteiger partial charge in [-0.2, -0.15) is 0 Å². The molecule has 6 heteroatoms. The summed E-state index contributed by atoms with van der Waals surface area (Å²) in [5.74, 6) is -0.255. The highest BCUT2D eigenvalue weighted by Gasteiger charge is 2.11. The Morgan fingerprint density at radius 3 is 2.92 bits per heavy atom. The van der Waals surface area contributed by atoms with Crippen LogP contribution >= 0.6 is 22.6 Å². The molecule has 0 aromatic carbocycles. The number of esters is 1. The Kier molecular flexibility index (Phi) is 7.47. The number of carbonyl (C=O) groups excluding carboxylic acids is 2. The topological polar surface area (TPSA) is 55.4 Å². The van der Waals surface area contributed by atoms with E-state index in [9.17, 15) is 9.59 Å². The predicted molar refractivity (Wildman–Crippen MR) is 56.3 cm³/mol. The van der Waals surface area contributed by atoms with Crippen molar-refractivity contribution in [2.45, 2.75) is 12.5 Å². The van der Waals surface area contributed by atoms with Crippen LogP contribution in [0.4, 0.5) is 0 Å². The molecular formula is C6H11BINO3. The average Bonchev–Trinajstić information content (AvgIpc) is 2.11. The van der Waals surface area contributed by atoms with Gasteiger partial charge in [0.2, 0.25) is 0 Å². The fourth-order valence-corrected chi connectivity index (χ4v) is 1.30. The second-order valence-electron chi connectivity index (χ2n) is 2.21. The van der Waals surface area contributed by atoms with Crippen LogP contribution in [0.25, 0.3) is 0 Å². The Morgan fingerprint density at radius 2 is 2.50 bits per heavy atom. The smallest absolute Gasteiger partial charge is 0.307 e. The molecule has 12 heavy (non-hydrogen) atoms. The lowest BCUT2D eigenvalue weighted by Gasteiger charge is -2.11. The molecule has 0 heterocycles. The minimum atomic E-state index is -0.255. The third kappa shape index (κ3) is 5.53. The first-order valence-electron chi connectivity index (χ1n) is 3.54. The third-order valence-corrected chi connectivity index (χ3v) is 2.38. The standard InChI is InChI=1S/C6H11BINO3/c1-12-6(11)2-5(3-8)9-7-4-10/h4-5,7,9H,2-3H2,1H3/t5-/m0/s1. The second kappa shape index (κ2) is 7.54. The molecule has 0 saturated heterocycles. The quantitative estimate of drug-likeness (QED) is 0.234. The van der Waals surface area contributed by atoms with Crippen molar-refractivity contribution in [2.24, 2.45) is 0 Å². The molecule has 0 amide bonds. The fraction of sp³-hybridized carbons (Fsp3) is 0.667. The van der Waals surface area contributed by atoms with Gasteiger partial charge in [-0.1, -0.05) is 22.6 Å². The number of ether oxygens (including phenoxy) is 1. The zero-order valence-electron chi connectivity index (χ0n) is 6.88. The summed E-state index contributed by atoms with van der Waals surface area (Å²) >= 11 is 2.15. The lowest BCUT2D eigenvalue weighted by atomic mass is 9.96. The van der Waals surface area contributed by atoms with E-state index in [1.54, 1.807) is 0 Å². The molecule has 0 saturated carbocycles. The molecule has 0 aliphatic carbocycles. The van der Waals surface area contributed by atoms with Gasteiger partial charge in [0, 0.05) is 10.5 Å². The van der Waals surface area contributed by atoms with Crippen molar-refractivity contribution in [3.63, 3.8) is 0 Å². The average molecular weight is 283 g/mol. The molecule has 0 rings (SSSR count). The molecule has 0 aliphatic rings. The van der Waals surface area contributed by atoms with Gasteiger partial charge in [0.05, 0.1) is 19.7 Å². The van der Waals surface area contributed by atoms with Crippen LogP contribution in [-0.2, 0) is 14.3 Å². The van der Waals surface area contributed by atoms with Crippen molar-refractivity contribution in [1.29, 1.82) is 0 Å². The highest BCUT2D eigenvalue weighted by molar-refractivity contribution is 14.1. The van der Waals surface area contributed by atoms with Crippen LogP contribution in [0.1, 0.15) is 6.42 Å². The summed E-state index contributed by atoms with van der Waals surface area (Å²) in [4.78, 5) is 20.8. The van der Waals surface area contributed by atoms with Gasteiger partial charge in [-0.3, -0.25) is 4.79 Å². The van der Waals surface area contributed by atoms with Crippen molar-refractivity contribution < 1.29 is 14.3 Å². The van der Waals surface area contributed by atoms with Crippen molar-refractivity contribution >= 4 is 42.2 Å². The maximum Gasteiger partial charge on any atom is 0.307 e. The van der Waals surface area contributed by atoms with Gasteiger partial charge in [0.15, 0.2) is 0 Å². The zero-order chi connectivity index (χ0) is 9.40. The van der Waals surface area contributed by atoms with Crippen molar-refractivity contribution in [2.75, 3.05) is 11.5 Å². The van der Waals surface area contributed by atoms with Crippen LogP contribution < -0.4 is 5.23 Å². The largest absolute Gasteiger partial charge is 0.469 e. The Morgan fingerprint density at radius 1 is 1.83 bits per heavy atom. The summed E-state index contributed by atoms with van der Waals surface area (Å²) in [6.45, 7) is 0. The van der Waals surface area contributed by atoms with Gasteiger partial charge in [-0.25, -0.2) is 0 Å². The zero-order valence-corrected chi connectivity index (χ0v) is 9.04. The van der Waals surface area contributed by atoms with Crippen molar-refractivity contribution in [3.05, 3.63) is 0 Å². The molecule has 0 fully saturated rings. The van der Waals surface area contributed by atoms with E-state index in [4.69, 9.17) is 0 Å². The van der Waals surface area contributed by atoms with Gasteiger partial charge in [-0.05, 0) is 0 Å². The molecule has 0 bridgehead atoms. The maximum absolute atomic E-state index is 10.8. The fourth-order valence-electron chi connectivity index (χ4n) is 0.681. The van der Waals surface area contributed by atoms with Crippen molar-refractivity contribution in [3.8, 4) is 0 Å². The van der Waals surface area contributed by atoms with Crippen LogP contribution in [0.5, 0.6) is 0 Å². The highest BCUT2D eigenvalue weighted by atomic mass is 127. The summed E-state index contributed by atoms with van der Waals surface area (Å²) in [6.07, 6.45) is 1.09. The van der Waals surface area contributed by atoms with Crippen LogP contribution in [0.15, 0.2) is 0 Å². The van der Waals surface area contributed by atoms with E-state index in [-0.39, 0.29) is 19.4 Å². The van der Waals surface area contributed by atoms with E-state index in [2.05, 4.69) is 32.6 Å². The summed E-state index contributed by atoms with van der Waals surface area (Å²) in [5, 5.41) is 2.91. The molecule has 0 aromatic heterocycles. The number of hydrogen-bond donors (Lipinski definition) is 1. The molecule has 68 valence electrons. The molecule has 0 aliphatic heterocycles. The molecule has 0 aromatic rings. The van der Waals surface area contributed by atoms with Gasteiger partial charge >= 0.3 is 5.97 Å². The number of alkyl halides is 1. The third-order valence-electron chi connectivity index (χ3n) is 1.32. The second-order valence-corrected chi connectivity index (χ2v) is 3.09. The highest BCUT2D eigenvalue weighted by Crippen LogP contribution is 1.98. The SMILES string of the molecule is COC(=O)C[C@@H](CI)NBC=O. The Labute approximate surface area is 85.8 Å². The Bertz CT molecular complexity index is 156. The van der Waals surface area contributed by atoms with E-state index < -0.39 is 0 Å². The van der Waals surface area contributed by atoms with Gasteiger partial charge in [0.25, 0.3) is 7.41 Å². The van der Waals surface area contributed by atoms with Gasteiger partial charge in [-0.15, -0.1) is 0 Å². The molecule has 1 N–H and O–H groups in total. The Hall–Kier alpha value is -0.105. The first-order chi connectivity index (χ1) is 5.74. The lowest BCUT2D eigenvalue weighted by molar-refractivity contribution is -0.140. The molecule has 4 nitrogen and oxygen atoms in total. The van der Waals surface area contributed by atoms with Crippen molar-refractivity contribution in [1.82, 2.24) is 5.23 Å². The van der Waals surface area contributed by atoms with E-state index in [1.165, 1.54) is 7.11 Å². The van der Waals surface area contributed by atoms with E-state index >= 15 is 0 Å². The lowest BCUT2D eigenvalue weighted by Crippen LogP contribution is -2.36. The molecule has 0 spiro atoms. The van der Waals surface area contributed by atoms with Gasteiger partial charge in [0.1, 0.15) is 0 Å². The number of rotatable bonds is 6. The number of nitrogens with one attached hydrogen (secondary N) is 1. The van der Waals surface area contributed by atoms with E-state index in [0.29, 0.717) is 6.42 Å². The minimum Gasteiger partial charge on any atom is -0.469 e. The summed E-state index contributed by atoms with van der Waals surface area (Å²) in [7, 11) is 1.64. The number of methoxy groups -OCH3 is 1. The molecular weight excluding hydrogens is 272 g/mol. The normalized spacial score (nSPS) is 11.8. The first-order valence-corrected chi connectivity index (χ1v) is 5.07. The minimum absolute atomic E-state index is 0.0308. The van der Waals surface area contributed by atoms with Crippen LogP contribution in [0.2, 0.25) is 0 Å². The Balaban J connectivity index is 3.66. The summed E-state index contributed by atoms with van der Waals surface area (Å²) < 4.78 is 5.27. The monoisotopic (exact) mass is 283 g/mol. The van der Waals surface area contributed by atoms with Crippen LogP contribution in [0.3, 0.4) is 0 Å². The summed E-state index contributed by atoms with van der Waals surface area (Å²) in [6, 6.07) is 0.0308. The number of carbonyl (C=O) groups is 2. The first kappa shape index (κ1) is 11.9.